The zero-order valence-electron chi connectivity index (χ0n) is 10.1. The molecule has 1 aliphatic rings. The largest absolute Gasteiger partial charge is 0.312 e. The van der Waals surface area contributed by atoms with Crippen LogP contribution >= 0.6 is 0 Å². The molecule has 1 saturated heterocycles. The van der Waals surface area contributed by atoms with Crippen LogP contribution in [0.5, 0.6) is 0 Å². The van der Waals surface area contributed by atoms with Crippen LogP contribution in [0.1, 0.15) is 46.5 Å². The van der Waals surface area contributed by atoms with Gasteiger partial charge in [-0.25, -0.2) is 0 Å². The highest BCUT2D eigenvalue weighted by molar-refractivity contribution is 4.81. The normalized spacial score (nSPS) is 23.6. The fourth-order valence-electron chi connectivity index (χ4n) is 2.42. The Hall–Kier alpha value is -0.0800. The molecule has 1 aliphatic heterocycles. The van der Waals surface area contributed by atoms with Crippen molar-refractivity contribution in [2.75, 3.05) is 19.6 Å². The molecule has 1 heterocycles. The first-order chi connectivity index (χ1) is 6.81. The van der Waals surface area contributed by atoms with Crippen LogP contribution in [0.15, 0.2) is 0 Å². The highest BCUT2D eigenvalue weighted by Gasteiger charge is 2.22. The third kappa shape index (κ3) is 3.25. The minimum Gasteiger partial charge on any atom is -0.312 e. The fourth-order valence-corrected chi connectivity index (χ4v) is 2.42. The zero-order chi connectivity index (χ0) is 10.4. The Morgan fingerprint density at radius 3 is 2.57 bits per heavy atom. The van der Waals surface area contributed by atoms with E-state index >= 15 is 0 Å². The number of likely N-dealkylation sites (N-methyl/N-ethyl adjacent to an activating group) is 1. The van der Waals surface area contributed by atoms with Crippen LogP contribution in [-0.2, 0) is 0 Å². The molecule has 1 fully saturated rings. The molecule has 0 aromatic rings. The summed E-state index contributed by atoms with van der Waals surface area (Å²) in [6.45, 7) is 10.5. The van der Waals surface area contributed by atoms with Crippen LogP contribution in [0.3, 0.4) is 0 Å². The maximum Gasteiger partial charge on any atom is 0.0221 e. The summed E-state index contributed by atoms with van der Waals surface area (Å²) in [5.41, 5.74) is 0. The topological polar surface area (TPSA) is 15.3 Å². The van der Waals surface area contributed by atoms with Crippen molar-refractivity contribution in [3.8, 4) is 0 Å². The van der Waals surface area contributed by atoms with E-state index in [-0.39, 0.29) is 0 Å². The first-order valence-electron chi connectivity index (χ1n) is 6.29. The maximum absolute atomic E-state index is 3.68. The number of likely N-dealkylation sites (tertiary alicyclic amines) is 1. The molecule has 0 bridgehead atoms. The lowest BCUT2D eigenvalue weighted by Crippen LogP contribution is -2.41. The monoisotopic (exact) mass is 198 g/mol. The molecule has 84 valence electrons. The van der Waals surface area contributed by atoms with Crippen molar-refractivity contribution in [3.63, 3.8) is 0 Å². The SMILES string of the molecule is CCC(CC)NC[C@@H]1CCCN1CC. The molecular formula is C12H26N2. The summed E-state index contributed by atoms with van der Waals surface area (Å²) >= 11 is 0. The number of nitrogens with zero attached hydrogens (tertiary/aromatic N) is 1. The molecule has 0 radical (unpaired) electrons. The average molecular weight is 198 g/mol. The summed E-state index contributed by atoms with van der Waals surface area (Å²) in [4.78, 5) is 2.61. The van der Waals surface area contributed by atoms with Gasteiger partial charge in [0.1, 0.15) is 0 Å². The lowest BCUT2D eigenvalue weighted by Gasteiger charge is -2.25. The lowest BCUT2D eigenvalue weighted by atomic mass is 10.1. The van der Waals surface area contributed by atoms with Crippen LogP contribution in [-0.4, -0.2) is 36.6 Å². The second-order valence-corrected chi connectivity index (χ2v) is 4.35. The van der Waals surface area contributed by atoms with E-state index in [2.05, 4.69) is 31.0 Å². The summed E-state index contributed by atoms with van der Waals surface area (Å²) in [7, 11) is 0. The van der Waals surface area contributed by atoms with Gasteiger partial charge in [-0.3, -0.25) is 4.90 Å². The Morgan fingerprint density at radius 2 is 2.00 bits per heavy atom. The molecule has 2 heteroatoms. The van der Waals surface area contributed by atoms with Gasteiger partial charge >= 0.3 is 0 Å². The van der Waals surface area contributed by atoms with Crippen LogP contribution in [0.25, 0.3) is 0 Å². The molecule has 0 saturated carbocycles. The van der Waals surface area contributed by atoms with Gasteiger partial charge in [0.25, 0.3) is 0 Å². The van der Waals surface area contributed by atoms with Crippen molar-refractivity contribution in [1.29, 1.82) is 0 Å². The van der Waals surface area contributed by atoms with Gasteiger partial charge in [0, 0.05) is 18.6 Å². The van der Waals surface area contributed by atoms with Gasteiger partial charge in [-0.2, -0.15) is 0 Å². The average Bonchev–Trinajstić information content (AvgIpc) is 2.67. The summed E-state index contributed by atoms with van der Waals surface area (Å²) in [5.74, 6) is 0. The van der Waals surface area contributed by atoms with Gasteiger partial charge in [0.15, 0.2) is 0 Å². The summed E-state index contributed by atoms with van der Waals surface area (Å²) in [5, 5.41) is 3.68. The number of hydrogen-bond acceptors (Lipinski definition) is 2. The maximum atomic E-state index is 3.68. The Labute approximate surface area is 89.1 Å². The Balaban J connectivity index is 2.22. The number of hydrogen-bond donors (Lipinski definition) is 1. The van der Waals surface area contributed by atoms with Crippen LogP contribution in [0.2, 0.25) is 0 Å². The summed E-state index contributed by atoms with van der Waals surface area (Å²) in [6.07, 6.45) is 5.30. The number of rotatable bonds is 6. The van der Waals surface area contributed by atoms with Crippen LogP contribution in [0.4, 0.5) is 0 Å². The summed E-state index contributed by atoms with van der Waals surface area (Å²) in [6, 6.07) is 1.54. The Bertz CT molecular complexity index is 143. The molecule has 2 nitrogen and oxygen atoms in total. The van der Waals surface area contributed by atoms with Gasteiger partial charge in [0.05, 0.1) is 0 Å². The lowest BCUT2D eigenvalue weighted by molar-refractivity contribution is 0.252. The van der Waals surface area contributed by atoms with Crippen molar-refractivity contribution in [1.82, 2.24) is 10.2 Å². The second-order valence-electron chi connectivity index (χ2n) is 4.35. The Morgan fingerprint density at radius 1 is 1.29 bits per heavy atom. The molecule has 0 aliphatic carbocycles. The van der Waals surface area contributed by atoms with Gasteiger partial charge < -0.3 is 5.32 Å². The van der Waals surface area contributed by atoms with Gasteiger partial charge in [0.2, 0.25) is 0 Å². The van der Waals surface area contributed by atoms with Gasteiger partial charge in [-0.15, -0.1) is 0 Å². The Kier molecular flexibility index (Phi) is 5.49. The van der Waals surface area contributed by atoms with E-state index in [9.17, 15) is 0 Å². The van der Waals surface area contributed by atoms with Crippen LogP contribution in [0, 0.1) is 0 Å². The van der Waals surface area contributed by atoms with E-state index in [4.69, 9.17) is 0 Å². The van der Waals surface area contributed by atoms with E-state index in [0.29, 0.717) is 0 Å². The quantitative estimate of drug-likeness (QED) is 0.704. The van der Waals surface area contributed by atoms with Crippen molar-refractivity contribution >= 4 is 0 Å². The van der Waals surface area contributed by atoms with Crippen LogP contribution < -0.4 is 5.32 Å². The molecule has 0 aromatic carbocycles. The van der Waals surface area contributed by atoms with E-state index in [1.165, 1.54) is 45.3 Å². The molecule has 1 atom stereocenters. The first-order valence-corrected chi connectivity index (χ1v) is 6.29. The molecule has 1 rings (SSSR count). The molecule has 0 spiro atoms. The molecule has 14 heavy (non-hydrogen) atoms. The standard InChI is InChI=1S/C12H26N2/c1-4-11(5-2)13-10-12-8-7-9-14(12)6-3/h11-13H,4-10H2,1-3H3/t12-/m0/s1. The van der Waals surface area contributed by atoms with Gasteiger partial charge in [-0.1, -0.05) is 20.8 Å². The highest BCUT2D eigenvalue weighted by atomic mass is 15.2. The van der Waals surface area contributed by atoms with Crippen molar-refractivity contribution < 1.29 is 0 Å². The molecule has 0 amide bonds. The van der Waals surface area contributed by atoms with Crippen molar-refractivity contribution in [2.24, 2.45) is 0 Å². The van der Waals surface area contributed by atoms with Gasteiger partial charge in [-0.05, 0) is 38.8 Å². The van der Waals surface area contributed by atoms with E-state index in [0.717, 1.165) is 12.1 Å². The van der Waals surface area contributed by atoms with Crippen molar-refractivity contribution in [3.05, 3.63) is 0 Å². The smallest absolute Gasteiger partial charge is 0.0221 e. The molecular weight excluding hydrogens is 172 g/mol. The van der Waals surface area contributed by atoms with Crippen molar-refractivity contribution in [2.45, 2.75) is 58.5 Å². The minimum absolute atomic E-state index is 0.731. The van der Waals surface area contributed by atoms with E-state index < -0.39 is 0 Å². The van der Waals surface area contributed by atoms with E-state index in [1.54, 1.807) is 0 Å². The number of nitrogens with one attached hydrogen (secondary N) is 1. The third-order valence-electron chi connectivity index (χ3n) is 3.53. The minimum atomic E-state index is 0.731. The predicted octanol–water partition coefficient (Wildman–Crippen LogP) is 2.25. The summed E-state index contributed by atoms with van der Waals surface area (Å²) < 4.78 is 0. The first kappa shape index (κ1) is 12.0. The second kappa shape index (κ2) is 6.41. The van der Waals surface area contributed by atoms with E-state index in [1.807, 2.05) is 0 Å². The molecule has 0 unspecified atom stereocenters. The molecule has 1 N–H and O–H groups in total. The zero-order valence-corrected chi connectivity index (χ0v) is 10.1. The highest BCUT2D eigenvalue weighted by Crippen LogP contribution is 2.15. The molecule has 0 aromatic heterocycles. The fraction of sp³-hybridized carbons (Fsp3) is 1.00. The predicted molar refractivity (Wildman–Crippen MR) is 62.6 cm³/mol. The third-order valence-corrected chi connectivity index (χ3v) is 3.53.